The Morgan fingerprint density at radius 2 is 1.97 bits per heavy atom. The number of nitro benzene ring substituents is 1. The molecule has 0 radical (unpaired) electrons. The maximum Gasteiger partial charge on any atom is 0.410 e. The molecule has 0 spiro atoms. The van der Waals surface area contributed by atoms with Gasteiger partial charge in [0.1, 0.15) is 5.60 Å². The van der Waals surface area contributed by atoms with Gasteiger partial charge < -0.3 is 15.2 Å². The van der Waals surface area contributed by atoms with Crippen molar-refractivity contribution in [3.8, 4) is 0 Å². The van der Waals surface area contributed by atoms with Crippen molar-refractivity contribution >= 4 is 27.7 Å². The third-order valence-electron chi connectivity index (χ3n) is 4.90. The number of ether oxygens (including phenoxy) is 2. The first-order valence-corrected chi connectivity index (χ1v) is 12.2. The Morgan fingerprint density at radius 3 is 2.50 bits per heavy atom. The van der Waals surface area contributed by atoms with Crippen molar-refractivity contribution in [2.45, 2.75) is 43.4 Å². The number of benzene rings is 1. The summed E-state index contributed by atoms with van der Waals surface area (Å²) in [4.78, 5) is 42.0. The second-order valence-electron chi connectivity index (χ2n) is 8.73. The first-order valence-electron chi connectivity index (χ1n) is 10.8. The van der Waals surface area contributed by atoms with Crippen molar-refractivity contribution in [2.24, 2.45) is 5.73 Å². The van der Waals surface area contributed by atoms with Crippen molar-refractivity contribution in [2.75, 3.05) is 26.9 Å². The highest BCUT2D eigenvalue weighted by atomic mass is 32.2. The van der Waals surface area contributed by atoms with Crippen LogP contribution in [0.3, 0.4) is 0 Å². The number of nitrogens with zero attached hydrogens (tertiary/aromatic N) is 3. The van der Waals surface area contributed by atoms with E-state index in [-0.39, 0.29) is 18.8 Å². The van der Waals surface area contributed by atoms with Gasteiger partial charge in [-0.1, -0.05) is 22.7 Å². The van der Waals surface area contributed by atoms with Gasteiger partial charge >= 0.3 is 6.09 Å². The van der Waals surface area contributed by atoms with E-state index in [0.717, 1.165) is 12.1 Å². The minimum Gasteiger partial charge on any atom is -0.444 e. The summed E-state index contributed by atoms with van der Waals surface area (Å²) in [7, 11) is -3.38. The van der Waals surface area contributed by atoms with Gasteiger partial charge in [-0.3, -0.25) is 24.6 Å². The molecule has 2 unspecified atom stereocenters. The topological polar surface area (TPSA) is 172 Å². The molecular formula is C22H30N4O9S. The highest BCUT2D eigenvalue weighted by Crippen LogP contribution is 2.32. The summed E-state index contributed by atoms with van der Waals surface area (Å²) in [5.74, 6) is -0.977. The fraction of sp³-hybridized carbons (Fsp3) is 0.455. The Bertz CT molecular complexity index is 1140. The molecule has 1 heterocycles. The number of rotatable bonds is 10. The summed E-state index contributed by atoms with van der Waals surface area (Å²) in [6.07, 6.45) is 1.74. The van der Waals surface area contributed by atoms with Gasteiger partial charge in [0.2, 0.25) is 5.91 Å². The second-order valence-corrected chi connectivity index (χ2v) is 10.5. The molecule has 0 saturated carbocycles. The number of carbonyl (C=O) groups is 2. The lowest BCUT2D eigenvalue weighted by Crippen LogP contribution is -2.58. The zero-order valence-electron chi connectivity index (χ0n) is 20.4. The molecule has 2 N–H and O–H groups in total. The summed E-state index contributed by atoms with van der Waals surface area (Å²) in [6.45, 7) is 7.64. The van der Waals surface area contributed by atoms with Crippen LogP contribution in [0.15, 0.2) is 53.5 Å². The Kier molecular flexibility index (Phi) is 9.32. The fourth-order valence-corrected chi connectivity index (χ4v) is 5.04. The van der Waals surface area contributed by atoms with Crippen LogP contribution in [0.4, 0.5) is 10.5 Å². The van der Waals surface area contributed by atoms with E-state index in [1.807, 2.05) is 0 Å². The number of hydrogen-bond acceptors (Lipinski definition) is 9. The molecule has 0 aliphatic carbocycles. The smallest absolute Gasteiger partial charge is 0.410 e. The normalized spacial score (nSPS) is 18.5. The molecule has 14 heteroatoms. The number of nitro groups is 1. The zero-order chi connectivity index (χ0) is 27.3. The summed E-state index contributed by atoms with van der Waals surface area (Å²) < 4.78 is 38.4. The van der Waals surface area contributed by atoms with Gasteiger partial charge in [0, 0.05) is 25.3 Å². The van der Waals surface area contributed by atoms with Crippen LogP contribution in [0, 0.1) is 10.1 Å². The molecule has 0 bridgehead atoms. The fourth-order valence-electron chi connectivity index (χ4n) is 3.47. The maximum atomic E-state index is 13.7. The molecule has 1 aliphatic rings. The molecule has 1 aliphatic heterocycles. The zero-order valence-corrected chi connectivity index (χ0v) is 21.3. The number of nitrogens with two attached hydrogens (primary N) is 1. The van der Waals surface area contributed by atoms with Gasteiger partial charge in [0.25, 0.3) is 15.7 Å². The number of primary amides is 1. The van der Waals surface area contributed by atoms with Gasteiger partial charge in [-0.2, -0.15) is 0 Å². The van der Waals surface area contributed by atoms with E-state index in [4.69, 9.17) is 20.0 Å². The van der Waals surface area contributed by atoms with E-state index < -0.39 is 61.8 Å². The third kappa shape index (κ3) is 6.66. The number of hydroxylamine groups is 1. The lowest BCUT2D eigenvalue weighted by atomic mass is 9.98. The van der Waals surface area contributed by atoms with Gasteiger partial charge in [-0.05, 0) is 32.9 Å². The third-order valence-corrected chi connectivity index (χ3v) is 6.64. The van der Waals surface area contributed by atoms with E-state index >= 15 is 0 Å². The molecule has 0 fully saturated rings. The predicted octanol–water partition coefficient (Wildman–Crippen LogP) is 1.75. The van der Waals surface area contributed by atoms with Crippen LogP contribution in [0.1, 0.15) is 20.8 Å². The SMILES string of the molecule is C=CCON(C1CN(C(=O)OC(C)(C)C)C(COC)C=C1C(N)=O)S(=O)(=O)c1ccccc1[N+](=O)[O-]. The van der Waals surface area contributed by atoms with Crippen LogP contribution in [-0.4, -0.2) is 79.3 Å². The Balaban J connectivity index is 2.69. The molecule has 198 valence electrons. The number of amides is 2. The second kappa shape index (κ2) is 11.6. The van der Waals surface area contributed by atoms with Crippen molar-refractivity contribution in [1.29, 1.82) is 0 Å². The van der Waals surface area contributed by atoms with Gasteiger partial charge in [-0.15, -0.1) is 6.58 Å². The molecule has 13 nitrogen and oxygen atoms in total. The standard InChI is InChI=1S/C22H30N4O9S/c1-6-11-34-26(36(31,32)19-10-8-7-9-17(19)25(29)30)18-13-24(21(28)35-22(2,3)4)15(14-33-5)12-16(18)20(23)27/h6-10,12,15,18H,1,11,13-14H2,2-5H3,(H2,23,27). The Labute approximate surface area is 209 Å². The van der Waals surface area contributed by atoms with Crippen LogP contribution >= 0.6 is 0 Å². The average Bonchev–Trinajstić information content (AvgIpc) is 2.78. The number of sulfonamides is 1. The first kappa shape index (κ1) is 28.9. The van der Waals surface area contributed by atoms with Crippen molar-refractivity contribution < 1.29 is 37.2 Å². The van der Waals surface area contributed by atoms with Gasteiger partial charge in [0.15, 0.2) is 4.90 Å². The summed E-state index contributed by atoms with van der Waals surface area (Å²) in [6, 6.07) is 2.38. The molecule has 1 aromatic carbocycles. The molecule has 2 atom stereocenters. The van der Waals surface area contributed by atoms with Crippen LogP contribution in [0.2, 0.25) is 0 Å². The highest BCUT2D eigenvalue weighted by molar-refractivity contribution is 7.89. The van der Waals surface area contributed by atoms with Gasteiger partial charge in [-0.25, -0.2) is 13.2 Å². The maximum absolute atomic E-state index is 13.7. The number of para-hydroxylation sites is 1. The van der Waals surface area contributed by atoms with Crippen LogP contribution in [-0.2, 0) is 29.1 Å². The van der Waals surface area contributed by atoms with E-state index in [1.54, 1.807) is 20.8 Å². The van der Waals surface area contributed by atoms with E-state index in [9.17, 15) is 28.1 Å². The monoisotopic (exact) mass is 526 g/mol. The lowest BCUT2D eigenvalue weighted by Gasteiger charge is -2.41. The highest BCUT2D eigenvalue weighted by Gasteiger charge is 2.45. The molecule has 2 amide bonds. The van der Waals surface area contributed by atoms with E-state index in [2.05, 4.69) is 6.58 Å². The summed E-state index contributed by atoms with van der Waals surface area (Å²) in [5.41, 5.74) is 3.80. The number of methoxy groups -OCH3 is 1. The lowest BCUT2D eigenvalue weighted by molar-refractivity contribution is -0.388. The summed E-state index contributed by atoms with van der Waals surface area (Å²) >= 11 is 0. The van der Waals surface area contributed by atoms with Crippen molar-refractivity contribution in [1.82, 2.24) is 9.37 Å². The molecule has 36 heavy (non-hydrogen) atoms. The van der Waals surface area contributed by atoms with Crippen molar-refractivity contribution in [3.63, 3.8) is 0 Å². The Morgan fingerprint density at radius 1 is 1.33 bits per heavy atom. The molecule has 0 saturated heterocycles. The molecule has 0 aromatic heterocycles. The number of carbonyl (C=O) groups excluding carboxylic acids is 2. The van der Waals surface area contributed by atoms with E-state index in [1.165, 1.54) is 36.3 Å². The summed E-state index contributed by atoms with van der Waals surface area (Å²) in [5, 5.41) is 11.5. The average molecular weight is 527 g/mol. The molecule has 1 aromatic rings. The van der Waals surface area contributed by atoms with Crippen LogP contribution in [0.25, 0.3) is 0 Å². The van der Waals surface area contributed by atoms with Crippen LogP contribution < -0.4 is 5.73 Å². The van der Waals surface area contributed by atoms with E-state index in [0.29, 0.717) is 4.47 Å². The largest absolute Gasteiger partial charge is 0.444 e. The molecular weight excluding hydrogens is 496 g/mol. The van der Waals surface area contributed by atoms with Crippen molar-refractivity contribution in [3.05, 3.63) is 58.7 Å². The minimum atomic E-state index is -4.77. The minimum absolute atomic E-state index is 0.0484. The first-order chi connectivity index (χ1) is 16.7. The predicted molar refractivity (Wildman–Crippen MR) is 128 cm³/mol. The quantitative estimate of drug-likeness (QED) is 0.271. The Hall–Kier alpha value is -3.33. The molecule has 2 rings (SSSR count). The van der Waals surface area contributed by atoms with Gasteiger partial charge in [0.05, 0.1) is 30.2 Å². The number of hydrogen-bond donors (Lipinski definition) is 1. The van der Waals surface area contributed by atoms with Crippen LogP contribution in [0.5, 0.6) is 0 Å².